The van der Waals surface area contributed by atoms with Crippen molar-refractivity contribution in [1.82, 2.24) is 0 Å². The molecule has 2 aromatic rings. The largest absolute Gasteiger partial charge is 0.372 e. The van der Waals surface area contributed by atoms with Crippen molar-refractivity contribution >= 4 is 5.69 Å². The van der Waals surface area contributed by atoms with Gasteiger partial charge < -0.3 is 9.64 Å². The smallest absolute Gasteiger partial charge is 0.0866 e. The summed E-state index contributed by atoms with van der Waals surface area (Å²) in [6.07, 6.45) is 3.84. The second kappa shape index (κ2) is 5.77. The zero-order chi connectivity index (χ0) is 14.9. The molecular weight excluding hydrogens is 270 g/mol. The standard InChI is InChI=1S/C20H23NO/c1-21-11-12-22-20(16-5-3-2-4-6-16)14-18-13-17(15-7-8-15)9-10-19(18)21/h2-6,9-10,13,15,20H,7-8,11-12,14H2,1H3. The summed E-state index contributed by atoms with van der Waals surface area (Å²) < 4.78 is 6.17. The van der Waals surface area contributed by atoms with Crippen molar-refractivity contribution in [2.75, 3.05) is 25.1 Å². The molecule has 2 aliphatic rings. The first-order valence-corrected chi connectivity index (χ1v) is 8.32. The van der Waals surface area contributed by atoms with E-state index in [2.05, 4.69) is 60.5 Å². The Bertz CT molecular complexity index is 648. The van der Waals surface area contributed by atoms with E-state index in [1.807, 2.05) is 0 Å². The molecule has 1 heterocycles. The highest BCUT2D eigenvalue weighted by molar-refractivity contribution is 5.56. The third kappa shape index (κ3) is 2.76. The molecule has 0 amide bonds. The molecule has 2 aromatic carbocycles. The molecule has 1 aliphatic carbocycles. The van der Waals surface area contributed by atoms with Crippen molar-refractivity contribution in [1.29, 1.82) is 0 Å². The van der Waals surface area contributed by atoms with E-state index in [4.69, 9.17) is 4.74 Å². The summed E-state index contributed by atoms with van der Waals surface area (Å²) in [4.78, 5) is 2.33. The molecule has 0 spiro atoms. The molecule has 22 heavy (non-hydrogen) atoms. The Hall–Kier alpha value is -1.80. The highest BCUT2D eigenvalue weighted by Crippen LogP contribution is 2.42. The van der Waals surface area contributed by atoms with Crippen molar-refractivity contribution < 1.29 is 4.74 Å². The summed E-state index contributed by atoms with van der Waals surface area (Å²) in [7, 11) is 2.17. The first-order valence-electron chi connectivity index (χ1n) is 8.32. The molecule has 2 nitrogen and oxygen atoms in total. The van der Waals surface area contributed by atoms with Crippen LogP contribution in [0.1, 0.15) is 41.6 Å². The van der Waals surface area contributed by atoms with Crippen LogP contribution < -0.4 is 4.90 Å². The van der Waals surface area contributed by atoms with Gasteiger partial charge >= 0.3 is 0 Å². The summed E-state index contributed by atoms with van der Waals surface area (Å²) in [6, 6.07) is 17.7. The van der Waals surface area contributed by atoms with Gasteiger partial charge in [0.1, 0.15) is 0 Å². The number of likely N-dealkylation sites (N-methyl/N-ethyl adjacent to an activating group) is 1. The Morgan fingerprint density at radius 2 is 1.82 bits per heavy atom. The molecular formula is C20H23NO. The van der Waals surface area contributed by atoms with Gasteiger partial charge in [0.15, 0.2) is 0 Å². The predicted octanol–water partition coefficient (Wildman–Crippen LogP) is 4.31. The van der Waals surface area contributed by atoms with Crippen molar-refractivity contribution in [3.63, 3.8) is 0 Å². The third-order valence-corrected chi connectivity index (χ3v) is 4.89. The second-order valence-electron chi connectivity index (χ2n) is 6.56. The highest BCUT2D eigenvalue weighted by atomic mass is 16.5. The molecule has 0 bridgehead atoms. The van der Waals surface area contributed by atoms with Crippen LogP contribution in [0.5, 0.6) is 0 Å². The number of fused-ring (bicyclic) bond motifs is 1. The van der Waals surface area contributed by atoms with E-state index in [9.17, 15) is 0 Å². The Balaban J connectivity index is 1.69. The van der Waals surface area contributed by atoms with Crippen LogP contribution in [0.4, 0.5) is 5.69 Å². The Morgan fingerprint density at radius 3 is 2.59 bits per heavy atom. The van der Waals surface area contributed by atoms with E-state index in [1.165, 1.54) is 35.2 Å². The van der Waals surface area contributed by atoms with Gasteiger partial charge in [0, 0.05) is 25.7 Å². The van der Waals surface area contributed by atoms with Crippen LogP contribution in [-0.2, 0) is 11.2 Å². The minimum absolute atomic E-state index is 0.170. The van der Waals surface area contributed by atoms with Gasteiger partial charge in [-0.15, -0.1) is 0 Å². The SMILES string of the molecule is CN1CCOC(c2ccccc2)Cc2cc(C3CC3)ccc21. The first-order chi connectivity index (χ1) is 10.8. The Labute approximate surface area is 132 Å². The second-order valence-corrected chi connectivity index (χ2v) is 6.56. The number of ether oxygens (including phenoxy) is 1. The number of hydrogen-bond donors (Lipinski definition) is 0. The third-order valence-electron chi connectivity index (χ3n) is 4.89. The van der Waals surface area contributed by atoms with E-state index in [1.54, 1.807) is 0 Å². The van der Waals surface area contributed by atoms with Crippen LogP contribution in [0, 0.1) is 0 Å². The summed E-state index contributed by atoms with van der Waals surface area (Å²) >= 11 is 0. The van der Waals surface area contributed by atoms with E-state index in [0.717, 1.165) is 25.5 Å². The molecule has 114 valence electrons. The summed E-state index contributed by atoms with van der Waals surface area (Å²) in [5.74, 6) is 0.803. The average molecular weight is 293 g/mol. The van der Waals surface area contributed by atoms with E-state index in [0.29, 0.717) is 0 Å². The molecule has 2 heteroatoms. The normalized spacial score (nSPS) is 21.9. The number of anilines is 1. The monoisotopic (exact) mass is 293 g/mol. The Morgan fingerprint density at radius 1 is 1.00 bits per heavy atom. The number of hydrogen-bond acceptors (Lipinski definition) is 2. The topological polar surface area (TPSA) is 12.5 Å². The fraction of sp³-hybridized carbons (Fsp3) is 0.400. The predicted molar refractivity (Wildman–Crippen MR) is 90.5 cm³/mol. The fourth-order valence-corrected chi connectivity index (χ4v) is 3.40. The van der Waals surface area contributed by atoms with Gasteiger partial charge in [-0.2, -0.15) is 0 Å². The van der Waals surface area contributed by atoms with Gasteiger partial charge in [-0.1, -0.05) is 42.5 Å². The first kappa shape index (κ1) is 13.8. The fourth-order valence-electron chi connectivity index (χ4n) is 3.40. The van der Waals surface area contributed by atoms with Gasteiger partial charge in [-0.05, 0) is 41.5 Å². The molecule has 1 fully saturated rings. The minimum Gasteiger partial charge on any atom is -0.372 e. The summed E-state index contributed by atoms with van der Waals surface area (Å²) in [5, 5.41) is 0. The van der Waals surface area contributed by atoms with Gasteiger partial charge in [-0.3, -0.25) is 0 Å². The Kier molecular flexibility index (Phi) is 3.63. The van der Waals surface area contributed by atoms with Crippen LogP contribution in [0.3, 0.4) is 0 Å². The van der Waals surface area contributed by atoms with Crippen LogP contribution in [0.15, 0.2) is 48.5 Å². The van der Waals surface area contributed by atoms with Crippen molar-refractivity contribution in [3.05, 3.63) is 65.2 Å². The lowest BCUT2D eigenvalue weighted by Gasteiger charge is -2.30. The molecule has 4 rings (SSSR count). The van der Waals surface area contributed by atoms with E-state index in [-0.39, 0.29) is 6.10 Å². The van der Waals surface area contributed by atoms with Crippen molar-refractivity contribution in [3.8, 4) is 0 Å². The van der Waals surface area contributed by atoms with Crippen molar-refractivity contribution in [2.24, 2.45) is 0 Å². The van der Waals surface area contributed by atoms with Crippen molar-refractivity contribution in [2.45, 2.75) is 31.3 Å². The van der Waals surface area contributed by atoms with E-state index >= 15 is 0 Å². The molecule has 0 radical (unpaired) electrons. The molecule has 1 unspecified atom stereocenters. The molecule has 0 aromatic heterocycles. The van der Waals surface area contributed by atoms with Crippen LogP contribution in [-0.4, -0.2) is 20.2 Å². The van der Waals surface area contributed by atoms with Gasteiger partial charge in [0.05, 0.1) is 12.7 Å². The zero-order valence-electron chi connectivity index (χ0n) is 13.2. The summed E-state index contributed by atoms with van der Waals surface area (Å²) in [5.41, 5.74) is 5.60. The molecule has 0 N–H and O–H groups in total. The van der Waals surface area contributed by atoms with Crippen LogP contribution >= 0.6 is 0 Å². The molecule has 1 atom stereocenters. The maximum absolute atomic E-state index is 6.17. The van der Waals surface area contributed by atoms with Crippen LogP contribution in [0.2, 0.25) is 0 Å². The molecule has 1 aliphatic heterocycles. The number of rotatable bonds is 2. The van der Waals surface area contributed by atoms with Gasteiger partial charge in [0.25, 0.3) is 0 Å². The molecule has 0 saturated heterocycles. The number of benzene rings is 2. The zero-order valence-corrected chi connectivity index (χ0v) is 13.2. The quantitative estimate of drug-likeness (QED) is 0.818. The number of nitrogens with zero attached hydrogens (tertiary/aromatic N) is 1. The van der Waals surface area contributed by atoms with Crippen LogP contribution in [0.25, 0.3) is 0 Å². The van der Waals surface area contributed by atoms with Gasteiger partial charge in [-0.25, -0.2) is 0 Å². The average Bonchev–Trinajstić information content (AvgIpc) is 3.37. The maximum Gasteiger partial charge on any atom is 0.0866 e. The lowest BCUT2D eigenvalue weighted by atomic mass is 9.96. The molecule has 1 saturated carbocycles. The van der Waals surface area contributed by atoms with Gasteiger partial charge in [0.2, 0.25) is 0 Å². The maximum atomic E-state index is 6.17. The lowest BCUT2D eigenvalue weighted by molar-refractivity contribution is 0.0560. The highest BCUT2D eigenvalue weighted by Gasteiger charge is 2.26. The lowest BCUT2D eigenvalue weighted by Crippen LogP contribution is -2.28. The minimum atomic E-state index is 0.170. The van der Waals surface area contributed by atoms with E-state index < -0.39 is 0 Å². The summed E-state index contributed by atoms with van der Waals surface area (Å²) in [6.45, 7) is 1.72.